The van der Waals surface area contributed by atoms with Crippen LogP contribution in [0.2, 0.25) is 0 Å². The molecule has 114 valence electrons. The minimum absolute atomic E-state index is 0.0494. The number of piperidine rings is 1. The third-order valence-corrected chi connectivity index (χ3v) is 3.91. The second kappa shape index (κ2) is 6.11. The first-order chi connectivity index (χ1) is 9.95. The number of amides is 1. The van der Waals surface area contributed by atoms with Crippen LogP contribution in [-0.2, 0) is 0 Å². The number of carbonyl (C=O) groups excluding carboxylic acids is 1. The van der Waals surface area contributed by atoms with Crippen LogP contribution >= 0.6 is 0 Å². The van der Waals surface area contributed by atoms with Gasteiger partial charge < -0.3 is 9.64 Å². The van der Waals surface area contributed by atoms with Crippen molar-refractivity contribution in [2.45, 2.75) is 39.2 Å². The van der Waals surface area contributed by atoms with Crippen molar-refractivity contribution in [3.8, 4) is 5.75 Å². The van der Waals surface area contributed by atoms with Gasteiger partial charge in [-0.3, -0.25) is 14.9 Å². The smallest absolute Gasteiger partial charge is 0.312 e. The minimum atomic E-state index is -0.512. The average molecular weight is 292 g/mol. The van der Waals surface area contributed by atoms with Gasteiger partial charge in [0.05, 0.1) is 17.6 Å². The molecule has 1 atom stereocenters. The second-order valence-corrected chi connectivity index (χ2v) is 5.47. The predicted molar refractivity (Wildman–Crippen MR) is 78.7 cm³/mol. The number of benzene rings is 1. The molecule has 0 radical (unpaired) electrons. The molecule has 0 aliphatic carbocycles. The molecule has 1 saturated heterocycles. The van der Waals surface area contributed by atoms with Gasteiger partial charge in [-0.05, 0) is 44.7 Å². The highest BCUT2D eigenvalue weighted by Crippen LogP contribution is 2.34. The van der Waals surface area contributed by atoms with Crippen molar-refractivity contribution in [1.82, 2.24) is 4.90 Å². The fourth-order valence-electron chi connectivity index (χ4n) is 2.82. The first kappa shape index (κ1) is 15.3. The Balaban J connectivity index is 2.47. The van der Waals surface area contributed by atoms with Crippen LogP contribution in [0, 0.1) is 17.0 Å². The van der Waals surface area contributed by atoms with Crippen LogP contribution in [0.3, 0.4) is 0 Å². The molecule has 1 unspecified atom stereocenters. The Morgan fingerprint density at radius 3 is 2.71 bits per heavy atom. The Bertz CT molecular complexity index is 571. The number of aryl methyl sites for hydroxylation is 1. The molecule has 6 heteroatoms. The van der Waals surface area contributed by atoms with E-state index in [9.17, 15) is 14.9 Å². The zero-order valence-electron chi connectivity index (χ0n) is 12.6. The van der Waals surface area contributed by atoms with Crippen LogP contribution in [-0.4, -0.2) is 35.4 Å². The van der Waals surface area contributed by atoms with Gasteiger partial charge in [0.2, 0.25) is 5.75 Å². The van der Waals surface area contributed by atoms with Crippen molar-refractivity contribution in [2.24, 2.45) is 0 Å². The molecule has 1 fully saturated rings. The Morgan fingerprint density at radius 2 is 2.14 bits per heavy atom. The molecule has 1 aliphatic heterocycles. The quantitative estimate of drug-likeness (QED) is 0.634. The van der Waals surface area contributed by atoms with Crippen molar-refractivity contribution in [3.63, 3.8) is 0 Å². The lowest BCUT2D eigenvalue weighted by Gasteiger charge is -2.33. The molecule has 0 bridgehead atoms. The lowest BCUT2D eigenvalue weighted by atomic mass is 10.0. The highest BCUT2D eigenvalue weighted by molar-refractivity contribution is 5.98. The summed E-state index contributed by atoms with van der Waals surface area (Å²) in [5, 5.41) is 11.1. The number of nitro groups is 1. The molecule has 0 N–H and O–H groups in total. The van der Waals surface area contributed by atoms with Crippen LogP contribution < -0.4 is 4.74 Å². The molecule has 0 saturated carbocycles. The fraction of sp³-hybridized carbons (Fsp3) is 0.533. The summed E-state index contributed by atoms with van der Waals surface area (Å²) in [6.07, 6.45) is 3.03. The molecule has 0 aromatic heterocycles. The number of hydrogen-bond donors (Lipinski definition) is 0. The zero-order chi connectivity index (χ0) is 15.6. The molecular formula is C15H20N2O4. The monoisotopic (exact) mass is 292 g/mol. The number of nitro benzene ring substituents is 1. The van der Waals surface area contributed by atoms with E-state index in [1.807, 2.05) is 6.92 Å². The van der Waals surface area contributed by atoms with Gasteiger partial charge in [-0.25, -0.2) is 0 Å². The molecule has 1 aliphatic rings. The van der Waals surface area contributed by atoms with Gasteiger partial charge in [-0.15, -0.1) is 0 Å². The maximum Gasteiger partial charge on any atom is 0.312 e. The van der Waals surface area contributed by atoms with E-state index < -0.39 is 4.92 Å². The Hall–Kier alpha value is -2.11. The normalized spacial score (nSPS) is 18.4. The van der Waals surface area contributed by atoms with Gasteiger partial charge in [-0.2, -0.15) is 0 Å². The summed E-state index contributed by atoms with van der Waals surface area (Å²) in [6, 6.07) is 3.24. The van der Waals surface area contributed by atoms with Crippen molar-refractivity contribution in [1.29, 1.82) is 0 Å². The lowest BCUT2D eigenvalue weighted by Crippen LogP contribution is -2.42. The standard InChI is InChI=1S/C15H20N2O4/c1-10-8-12(14(21-3)13(9-10)17(19)20)15(18)16-7-5-4-6-11(16)2/h8-9,11H,4-7H2,1-3H3. The summed E-state index contributed by atoms with van der Waals surface area (Å²) in [6.45, 7) is 4.43. The molecule has 0 spiro atoms. The van der Waals surface area contributed by atoms with Gasteiger partial charge in [0.1, 0.15) is 0 Å². The summed E-state index contributed by atoms with van der Waals surface area (Å²) in [5.74, 6) is -0.140. The molecule has 1 aromatic carbocycles. The zero-order valence-corrected chi connectivity index (χ0v) is 12.6. The van der Waals surface area contributed by atoms with E-state index in [2.05, 4.69) is 0 Å². The van der Waals surface area contributed by atoms with Crippen LogP contribution in [0.4, 0.5) is 5.69 Å². The van der Waals surface area contributed by atoms with E-state index in [0.717, 1.165) is 19.3 Å². The highest BCUT2D eigenvalue weighted by atomic mass is 16.6. The lowest BCUT2D eigenvalue weighted by molar-refractivity contribution is -0.385. The molecule has 6 nitrogen and oxygen atoms in total. The Labute approximate surface area is 123 Å². The SMILES string of the molecule is COc1c(C(=O)N2CCCCC2C)cc(C)cc1[N+](=O)[O-]. The van der Waals surface area contributed by atoms with E-state index in [-0.39, 0.29) is 28.9 Å². The van der Waals surface area contributed by atoms with Crippen LogP contribution in [0.15, 0.2) is 12.1 Å². The number of hydrogen-bond acceptors (Lipinski definition) is 4. The third kappa shape index (κ3) is 2.99. The Kier molecular flexibility index (Phi) is 4.45. The largest absolute Gasteiger partial charge is 0.490 e. The van der Waals surface area contributed by atoms with E-state index >= 15 is 0 Å². The van der Waals surface area contributed by atoms with Crippen molar-refractivity contribution < 1.29 is 14.5 Å². The molecule has 1 heterocycles. The second-order valence-electron chi connectivity index (χ2n) is 5.47. The van der Waals surface area contributed by atoms with E-state index in [1.165, 1.54) is 13.2 Å². The molecule has 2 rings (SSSR count). The van der Waals surface area contributed by atoms with Crippen molar-refractivity contribution >= 4 is 11.6 Å². The number of rotatable bonds is 3. The van der Waals surface area contributed by atoms with Gasteiger partial charge >= 0.3 is 5.69 Å². The van der Waals surface area contributed by atoms with E-state index in [4.69, 9.17) is 4.74 Å². The van der Waals surface area contributed by atoms with Gasteiger partial charge in [0.25, 0.3) is 5.91 Å². The number of methoxy groups -OCH3 is 1. The van der Waals surface area contributed by atoms with Crippen molar-refractivity contribution in [2.75, 3.05) is 13.7 Å². The van der Waals surface area contributed by atoms with E-state index in [0.29, 0.717) is 12.1 Å². The number of ether oxygens (including phenoxy) is 1. The topological polar surface area (TPSA) is 72.7 Å². The summed E-state index contributed by atoms with van der Waals surface area (Å²) < 4.78 is 5.15. The molecular weight excluding hydrogens is 272 g/mol. The summed E-state index contributed by atoms with van der Waals surface area (Å²) in [4.78, 5) is 25.2. The first-order valence-electron chi connectivity index (χ1n) is 7.09. The Morgan fingerprint density at radius 1 is 1.43 bits per heavy atom. The van der Waals surface area contributed by atoms with Gasteiger partial charge in [0, 0.05) is 18.7 Å². The summed E-state index contributed by atoms with van der Waals surface area (Å²) >= 11 is 0. The van der Waals surface area contributed by atoms with Gasteiger partial charge in [-0.1, -0.05) is 0 Å². The summed E-state index contributed by atoms with van der Waals surface area (Å²) in [5.41, 5.74) is 0.791. The minimum Gasteiger partial charge on any atom is -0.490 e. The molecule has 1 aromatic rings. The number of carbonyl (C=O) groups is 1. The number of likely N-dealkylation sites (tertiary alicyclic amines) is 1. The van der Waals surface area contributed by atoms with Crippen molar-refractivity contribution in [3.05, 3.63) is 33.4 Å². The fourth-order valence-corrected chi connectivity index (χ4v) is 2.82. The maximum atomic E-state index is 12.7. The highest BCUT2D eigenvalue weighted by Gasteiger charge is 2.30. The van der Waals surface area contributed by atoms with Gasteiger partial charge in [0.15, 0.2) is 0 Å². The molecule has 21 heavy (non-hydrogen) atoms. The third-order valence-electron chi connectivity index (χ3n) is 3.91. The van der Waals surface area contributed by atoms with Crippen LogP contribution in [0.1, 0.15) is 42.1 Å². The first-order valence-corrected chi connectivity index (χ1v) is 7.09. The number of nitrogens with zero attached hydrogens (tertiary/aromatic N) is 2. The van der Waals surface area contributed by atoms with Crippen LogP contribution in [0.25, 0.3) is 0 Å². The maximum absolute atomic E-state index is 12.7. The summed E-state index contributed by atoms with van der Waals surface area (Å²) in [7, 11) is 1.36. The predicted octanol–water partition coefficient (Wildman–Crippen LogP) is 2.93. The van der Waals surface area contributed by atoms with Crippen LogP contribution in [0.5, 0.6) is 5.75 Å². The van der Waals surface area contributed by atoms with E-state index in [1.54, 1.807) is 17.9 Å². The average Bonchev–Trinajstić information content (AvgIpc) is 2.46. The molecule has 1 amide bonds.